The van der Waals surface area contributed by atoms with E-state index in [1.54, 1.807) is 12.1 Å². The lowest BCUT2D eigenvalue weighted by Gasteiger charge is -2.25. The van der Waals surface area contributed by atoms with Gasteiger partial charge in [0.05, 0.1) is 12.2 Å². The molecule has 0 spiro atoms. The minimum atomic E-state index is -0.258. The highest BCUT2D eigenvalue weighted by Crippen LogP contribution is 2.17. The fourth-order valence-electron chi connectivity index (χ4n) is 1.78. The maximum Gasteiger partial charge on any atom is 0.127 e. The maximum atomic E-state index is 13.8. The molecule has 1 aromatic carbocycles. The molecular weight excluding hydrogens is 265 g/mol. The third kappa shape index (κ3) is 6.37. The molecule has 0 aliphatic carbocycles. The molecule has 1 unspecified atom stereocenters. The molecule has 0 amide bonds. The van der Waals surface area contributed by atoms with Gasteiger partial charge in [-0.2, -0.15) is 0 Å². The number of hydrogen-bond acceptors (Lipinski definition) is 2. The number of nitrogens with one attached hydrogen (secondary N) is 1. The molecule has 4 heteroatoms. The third-order valence-electron chi connectivity index (χ3n) is 2.69. The number of hydrogen-bond donors (Lipinski definition) is 1. The Morgan fingerprint density at radius 3 is 2.58 bits per heavy atom. The van der Waals surface area contributed by atoms with Crippen LogP contribution in [0.1, 0.15) is 33.3 Å². The summed E-state index contributed by atoms with van der Waals surface area (Å²) >= 11 is 5.76. The van der Waals surface area contributed by atoms with E-state index >= 15 is 0 Å². The highest BCUT2D eigenvalue weighted by molar-refractivity contribution is 6.30. The predicted octanol–water partition coefficient (Wildman–Crippen LogP) is 3.81. The van der Waals surface area contributed by atoms with E-state index in [2.05, 4.69) is 5.32 Å². The molecule has 0 radical (unpaired) electrons. The maximum absolute atomic E-state index is 13.8. The summed E-state index contributed by atoms with van der Waals surface area (Å²) in [6, 6.07) is 4.90. The zero-order chi connectivity index (χ0) is 14.5. The van der Waals surface area contributed by atoms with Crippen LogP contribution in [0.5, 0.6) is 0 Å². The van der Waals surface area contributed by atoms with E-state index in [0.717, 1.165) is 6.54 Å². The van der Waals surface area contributed by atoms with Crippen molar-refractivity contribution in [2.75, 3.05) is 13.2 Å². The largest absolute Gasteiger partial charge is 0.374 e. The first-order chi connectivity index (χ1) is 8.81. The molecule has 0 bridgehead atoms. The standard InChI is InChI=1S/C15H23ClFNO/c1-5-18-13(10-19-15(2,3)4)8-11-6-7-12(16)9-14(11)17/h6-7,9,13,18H,5,8,10H2,1-4H3. The zero-order valence-electron chi connectivity index (χ0n) is 12.1. The first-order valence-electron chi connectivity index (χ1n) is 6.63. The number of halogens is 2. The van der Waals surface area contributed by atoms with E-state index in [1.165, 1.54) is 6.07 Å². The molecule has 1 rings (SSSR count). The molecule has 0 heterocycles. The van der Waals surface area contributed by atoms with Crippen molar-refractivity contribution in [3.8, 4) is 0 Å². The van der Waals surface area contributed by atoms with Crippen molar-refractivity contribution in [1.82, 2.24) is 5.32 Å². The average Bonchev–Trinajstić information content (AvgIpc) is 2.28. The van der Waals surface area contributed by atoms with Gasteiger partial charge in [0.1, 0.15) is 5.82 Å². The van der Waals surface area contributed by atoms with Crippen molar-refractivity contribution in [2.24, 2.45) is 0 Å². The van der Waals surface area contributed by atoms with Gasteiger partial charge in [0.15, 0.2) is 0 Å². The Bertz CT molecular complexity index is 404. The van der Waals surface area contributed by atoms with Gasteiger partial charge in [-0.3, -0.25) is 0 Å². The quantitative estimate of drug-likeness (QED) is 0.859. The van der Waals surface area contributed by atoms with Gasteiger partial charge in [-0.05, 0) is 51.4 Å². The van der Waals surface area contributed by atoms with Gasteiger partial charge >= 0.3 is 0 Å². The van der Waals surface area contributed by atoms with E-state index in [1.807, 2.05) is 27.7 Å². The van der Waals surface area contributed by atoms with Crippen molar-refractivity contribution in [3.63, 3.8) is 0 Å². The van der Waals surface area contributed by atoms with Crippen molar-refractivity contribution in [2.45, 2.75) is 45.8 Å². The van der Waals surface area contributed by atoms with Crippen molar-refractivity contribution >= 4 is 11.6 Å². The summed E-state index contributed by atoms with van der Waals surface area (Å²) in [6.07, 6.45) is 0.590. The minimum Gasteiger partial charge on any atom is -0.374 e. The van der Waals surface area contributed by atoms with Crippen LogP contribution in [0.2, 0.25) is 5.02 Å². The van der Waals surface area contributed by atoms with E-state index < -0.39 is 0 Å². The van der Waals surface area contributed by atoms with Gasteiger partial charge in [-0.1, -0.05) is 24.6 Å². The smallest absolute Gasteiger partial charge is 0.127 e. The Hall–Kier alpha value is -0.640. The van der Waals surface area contributed by atoms with Crippen LogP contribution in [0.25, 0.3) is 0 Å². The summed E-state index contributed by atoms with van der Waals surface area (Å²) < 4.78 is 19.5. The van der Waals surface area contributed by atoms with Crippen LogP contribution in [0.4, 0.5) is 4.39 Å². The monoisotopic (exact) mass is 287 g/mol. The molecule has 19 heavy (non-hydrogen) atoms. The van der Waals surface area contributed by atoms with Crippen LogP contribution in [-0.4, -0.2) is 24.8 Å². The molecule has 0 aliphatic heterocycles. The number of rotatable bonds is 6. The van der Waals surface area contributed by atoms with Gasteiger partial charge < -0.3 is 10.1 Å². The molecule has 0 saturated carbocycles. The second-order valence-corrected chi connectivity index (χ2v) is 6.05. The molecule has 0 aliphatic rings. The van der Waals surface area contributed by atoms with Gasteiger partial charge in [0.2, 0.25) is 0 Å². The molecule has 0 saturated heterocycles. The summed E-state index contributed by atoms with van der Waals surface area (Å²) in [4.78, 5) is 0. The molecule has 0 aromatic heterocycles. The van der Waals surface area contributed by atoms with Crippen LogP contribution in [0.3, 0.4) is 0 Å². The fraction of sp³-hybridized carbons (Fsp3) is 0.600. The molecule has 1 atom stereocenters. The fourth-order valence-corrected chi connectivity index (χ4v) is 1.94. The van der Waals surface area contributed by atoms with Crippen molar-refractivity contribution < 1.29 is 9.13 Å². The highest BCUT2D eigenvalue weighted by atomic mass is 35.5. The van der Waals surface area contributed by atoms with E-state index in [0.29, 0.717) is 23.6 Å². The molecule has 108 valence electrons. The van der Waals surface area contributed by atoms with Crippen LogP contribution in [0, 0.1) is 5.82 Å². The second-order valence-electron chi connectivity index (χ2n) is 5.62. The second kappa shape index (κ2) is 7.22. The number of ether oxygens (including phenoxy) is 1. The zero-order valence-corrected chi connectivity index (χ0v) is 12.9. The molecule has 1 aromatic rings. The van der Waals surface area contributed by atoms with Crippen LogP contribution in [-0.2, 0) is 11.2 Å². The normalized spacial score (nSPS) is 13.6. The Kier molecular flexibility index (Phi) is 6.24. The lowest BCUT2D eigenvalue weighted by atomic mass is 10.1. The van der Waals surface area contributed by atoms with Crippen molar-refractivity contribution in [3.05, 3.63) is 34.6 Å². The summed E-state index contributed by atoms with van der Waals surface area (Å²) in [5, 5.41) is 3.74. The van der Waals surface area contributed by atoms with Gasteiger partial charge in [0.25, 0.3) is 0 Å². The lowest BCUT2D eigenvalue weighted by Crippen LogP contribution is -2.38. The van der Waals surface area contributed by atoms with Gasteiger partial charge in [-0.15, -0.1) is 0 Å². The Morgan fingerprint density at radius 1 is 1.37 bits per heavy atom. The summed E-state index contributed by atoms with van der Waals surface area (Å²) in [5.41, 5.74) is 0.472. The first-order valence-corrected chi connectivity index (χ1v) is 7.01. The Balaban J connectivity index is 2.67. The van der Waals surface area contributed by atoms with Gasteiger partial charge in [0, 0.05) is 11.1 Å². The van der Waals surface area contributed by atoms with Crippen LogP contribution in [0.15, 0.2) is 18.2 Å². The summed E-state index contributed by atoms with van der Waals surface area (Å²) in [7, 11) is 0. The summed E-state index contributed by atoms with van der Waals surface area (Å²) in [6.45, 7) is 9.45. The average molecular weight is 288 g/mol. The van der Waals surface area contributed by atoms with Gasteiger partial charge in [-0.25, -0.2) is 4.39 Å². The molecule has 2 nitrogen and oxygen atoms in total. The van der Waals surface area contributed by atoms with Crippen LogP contribution >= 0.6 is 11.6 Å². The first kappa shape index (κ1) is 16.4. The predicted molar refractivity (Wildman–Crippen MR) is 78.3 cm³/mol. The van der Waals surface area contributed by atoms with E-state index in [4.69, 9.17) is 16.3 Å². The van der Waals surface area contributed by atoms with Crippen molar-refractivity contribution in [1.29, 1.82) is 0 Å². The number of likely N-dealkylation sites (N-methyl/N-ethyl adjacent to an activating group) is 1. The Morgan fingerprint density at radius 2 is 2.05 bits per heavy atom. The van der Waals surface area contributed by atoms with E-state index in [-0.39, 0.29) is 17.5 Å². The van der Waals surface area contributed by atoms with E-state index in [9.17, 15) is 4.39 Å². The molecule has 0 fully saturated rings. The molecule has 1 N–H and O–H groups in total. The highest BCUT2D eigenvalue weighted by Gasteiger charge is 2.16. The lowest BCUT2D eigenvalue weighted by molar-refractivity contribution is -0.0142. The van der Waals surface area contributed by atoms with Crippen LogP contribution < -0.4 is 5.32 Å². The molecular formula is C15H23ClFNO. The topological polar surface area (TPSA) is 21.3 Å². The third-order valence-corrected chi connectivity index (χ3v) is 2.93. The SMILES string of the molecule is CCNC(COC(C)(C)C)Cc1ccc(Cl)cc1F. The minimum absolute atomic E-state index is 0.0971. The Labute approximate surface area is 120 Å². The number of benzene rings is 1. The summed E-state index contributed by atoms with van der Waals surface area (Å²) in [5.74, 6) is -0.258.